The van der Waals surface area contributed by atoms with Gasteiger partial charge in [0.2, 0.25) is 0 Å². The summed E-state index contributed by atoms with van der Waals surface area (Å²) < 4.78 is 26.6. The van der Waals surface area contributed by atoms with Gasteiger partial charge in [-0.05, 0) is 30.9 Å². The van der Waals surface area contributed by atoms with Crippen LogP contribution in [0.4, 0.5) is 8.78 Å². The molecule has 0 fully saturated rings. The monoisotopic (exact) mass is 283 g/mol. The van der Waals surface area contributed by atoms with Gasteiger partial charge in [-0.2, -0.15) is 0 Å². The van der Waals surface area contributed by atoms with Gasteiger partial charge in [-0.3, -0.25) is 0 Å². The molecule has 98 valence electrons. The Labute approximate surface area is 112 Å². The van der Waals surface area contributed by atoms with E-state index in [2.05, 4.69) is 13.8 Å². The van der Waals surface area contributed by atoms with Gasteiger partial charge in [0.05, 0.1) is 5.02 Å². The van der Waals surface area contributed by atoms with Crippen molar-refractivity contribution in [2.75, 3.05) is 0 Å². The van der Waals surface area contributed by atoms with E-state index in [1.807, 2.05) is 0 Å². The third kappa shape index (κ3) is 4.41. The van der Waals surface area contributed by atoms with Crippen LogP contribution >= 0.6 is 24.0 Å². The molecule has 0 saturated heterocycles. The zero-order chi connectivity index (χ0) is 12.3. The Morgan fingerprint density at radius 1 is 1.18 bits per heavy atom. The van der Waals surface area contributed by atoms with Crippen LogP contribution in [-0.4, -0.2) is 0 Å². The van der Waals surface area contributed by atoms with E-state index >= 15 is 0 Å². The summed E-state index contributed by atoms with van der Waals surface area (Å²) in [5.41, 5.74) is 5.91. The molecule has 0 radical (unpaired) electrons. The molecule has 0 saturated carbocycles. The molecule has 0 unspecified atom stereocenters. The topological polar surface area (TPSA) is 26.0 Å². The Balaban J connectivity index is 0.00000256. The molecule has 0 spiro atoms. The van der Waals surface area contributed by atoms with Gasteiger partial charge < -0.3 is 5.73 Å². The second kappa shape index (κ2) is 7.14. The smallest absolute Gasteiger partial charge is 0.142 e. The van der Waals surface area contributed by atoms with Crippen LogP contribution in [0, 0.1) is 17.6 Å². The molecular formula is C12H17Cl2F2N. The van der Waals surface area contributed by atoms with Crippen molar-refractivity contribution in [3.63, 3.8) is 0 Å². The molecule has 0 aromatic heterocycles. The minimum absolute atomic E-state index is 0. The Bertz CT molecular complexity index is 370. The average Bonchev–Trinajstić information content (AvgIpc) is 2.21. The van der Waals surface area contributed by atoms with Crippen molar-refractivity contribution in [3.05, 3.63) is 34.4 Å². The third-order valence-corrected chi connectivity index (χ3v) is 2.89. The number of nitrogens with two attached hydrogens (primary N) is 1. The van der Waals surface area contributed by atoms with Crippen molar-refractivity contribution < 1.29 is 8.78 Å². The lowest BCUT2D eigenvalue weighted by atomic mass is 9.98. The van der Waals surface area contributed by atoms with Crippen molar-refractivity contribution in [1.29, 1.82) is 0 Å². The van der Waals surface area contributed by atoms with Gasteiger partial charge in [-0.15, -0.1) is 12.4 Å². The van der Waals surface area contributed by atoms with Gasteiger partial charge in [0.25, 0.3) is 0 Å². The second-order valence-electron chi connectivity index (χ2n) is 4.33. The molecule has 1 atom stereocenters. The van der Waals surface area contributed by atoms with Crippen LogP contribution in [0.15, 0.2) is 12.1 Å². The molecule has 0 bridgehead atoms. The van der Waals surface area contributed by atoms with Crippen LogP contribution in [0.5, 0.6) is 0 Å². The summed E-state index contributed by atoms with van der Waals surface area (Å²) in [4.78, 5) is 0. The normalized spacial score (nSPS) is 12.4. The van der Waals surface area contributed by atoms with E-state index in [1.54, 1.807) is 0 Å². The highest BCUT2D eigenvalue weighted by Gasteiger charge is 2.18. The van der Waals surface area contributed by atoms with Crippen molar-refractivity contribution in [3.8, 4) is 0 Å². The molecule has 1 aromatic carbocycles. The number of halogens is 4. The van der Waals surface area contributed by atoms with Crippen LogP contribution in [0.3, 0.4) is 0 Å². The van der Waals surface area contributed by atoms with Crippen molar-refractivity contribution in [2.45, 2.75) is 32.7 Å². The van der Waals surface area contributed by atoms with E-state index in [9.17, 15) is 8.78 Å². The average molecular weight is 284 g/mol. The predicted octanol–water partition coefficient (Wildman–Crippen LogP) is 4.48. The highest BCUT2D eigenvalue weighted by Crippen LogP contribution is 2.30. The maximum Gasteiger partial charge on any atom is 0.142 e. The molecule has 1 rings (SSSR count). The molecule has 0 amide bonds. The van der Waals surface area contributed by atoms with E-state index in [1.165, 1.54) is 0 Å². The molecule has 0 heterocycles. The highest BCUT2D eigenvalue weighted by molar-refractivity contribution is 6.31. The van der Waals surface area contributed by atoms with Crippen LogP contribution in [0.25, 0.3) is 0 Å². The summed E-state index contributed by atoms with van der Waals surface area (Å²) in [5, 5.41) is -0.198. The summed E-state index contributed by atoms with van der Waals surface area (Å²) in [6, 6.07) is 1.52. The van der Waals surface area contributed by atoms with Crippen LogP contribution in [-0.2, 0) is 0 Å². The number of hydrogen-bond donors (Lipinski definition) is 1. The maximum atomic E-state index is 13.5. The van der Waals surface area contributed by atoms with Gasteiger partial charge in [0.15, 0.2) is 0 Å². The molecule has 0 aliphatic heterocycles. The fourth-order valence-corrected chi connectivity index (χ4v) is 1.83. The Morgan fingerprint density at radius 3 is 2.24 bits per heavy atom. The van der Waals surface area contributed by atoms with Gasteiger partial charge in [-0.25, -0.2) is 8.78 Å². The molecular weight excluding hydrogens is 267 g/mol. The Morgan fingerprint density at radius 2 is 1.71 bits per heavy atom. The lowest BCUT2D eigenvalue weighted by molar-refractivity contribution is 0.487. The molecule has 5 heteroatoms. The molecule has 17 heavy (non-hydrogen) atoms. The first kappa shape index (κ1) is 16.6. The largest absolute Gasteiger partial charge is 0.324 e. The first-order valence-electron chi connectivity index (χ1n) is 5.32. The standard InChI is InChI=1S/C12H16ClF2N.ClH/c1-7(2)3-6-10(16)11-8(14)4-5-9(15)12(11)13;/h4-5,7,10H,3,6,16H2,1-2H3;1H/t10-;/m0./s1. The van der Waals surface area contributed by atoms with E-state index in [-0.39, 0.29) is 23.0 Å². The van der Waals surface area contributed by atoms with Gasteiger partial charge in [0.1, 0.15) is 11.6 Å². The van der Waals surface area contributed by atoms with Crippen LogP contribution in [0.1, 0.15) is 38.3 Å². The third-order valence-electron chi connectivity index (χ3n) is 2.51. The SMILES string of the molecule is CC(C)CC[C@H](N)c1c(F)ccc(F)c1Cl.Cl. The zero-order valence-corrected chi connectivity index (χ0v) is 11.4. The molecule has 1 aromatic rings. The molecule has 0 aliphatic carbocycles. The fraction of sp³-hybridized carbons (Fsp3) is 0.500. The first-order chi connectivity index (χ1) is 7.43. The second-order valence-corrected chi connectivity index (χ2v) is 4.71. The van der Waals surface area contributed by atoms with Crippen molar-refractivity contribution in [2.24, 2.45) is 11.7 Å². The van der Waals surface area contributed by atoms with Crippen molar-refractivity contribution >= 4 is 24.0 Å². The summed E-state index contributed by atoms with van der Waals surface area (Å²) in [6.07, 6.45) is 1.45. The lowest BCUT2D eigenvalue weighted by Crippen LogP contribution is -2.14. The number of benzene rings is 1. The van der Waals surface area contributed by atoms with E-state index < -0.39 is 17.7 Å². The van der Waals surface area contributed by atoms with Gasteiger partial charge >= 0.3 is 0 Å². The Kier molecular flexibility index (Phi) is 6.98. The minimum atomic E-state index is -0.627. The van der Waals surface area contributed by atoms with Gasteiger partial charge in [0, 0.05) is 11.6 Å². The highest BCUT2D eigenvalue weighted by atomic mass is 35.5. The predicted molar refractivity (Wildman–Crippen MR) is 69.6 cm³/mol. The summed E-state index contributed by atoms with van der Waals surface area (Å²) in [5.74, 6) is -0.692. The number of hydrogen-bond acceptors (Lipinski definition) is 1. The summed E-state index contributed by atoms with van der Waals surface area (Å²) in [6.45, 7) is 4.10. The summed E-state index contributed by atoms with van der Waals surface area (Å²) in [7, 11) is 0. The molecule has 2 N–H and O–H groups in total. The van der Waals surface area contributed by atoms with Crippen LogP contribution in [0.2, 0.25) is 5.02 Å². The number of rotatable bonds is 4. The maximum absolute atomic E-state index is 13.5. The Hall–Kier alpha value is -0.380. The fourth-order valence-electron chi connectivity index (χ4n) is 1.54. The molecule has 0 aliphatic rings. The van der Waals surface area contributed by atoms with E-state index in [0.717, 1.165) is 18.6 Å². The zero-order valence-electron chi connectivity index (χ0n) is 9.84. The van der Waals surface area contributed by atoms with Crippen molar-refractivity contribution in [1.82, 2.24) is 0 Å². The van der Waals surface area contributed by atoms with E-state index in [0.29, 0.717) is 12.3 Å². The minimum Gasteiger partial charge on any atom is -0.324 e. The van der Waals surface area contributed by atoms with Crippen LogP contribution < -0.4 is 5.73 Å². The first-order valence-corrected chi connectivity index (χ1v) is 5.70. The van der Waals surface area contributed by atoms with E-state index in [4.69, 9.17) is 17.3 Å². The quantitative estimate of drug-likeness (QED) is 0.811. The van der Waals surface area contributed by atoms with Gasteiger partial charge in [-0.1, -0.05) is 25.4 Å². The summed E-state index contributed by atoms with van der Waals surface area (Å²) >= 11 is 5.71. The lowest BCUT2D eigenvalue weighted by Gasteiger charge is -2.16. The molecule has 1 nitrogen and oxygen atoms in total.